The molecule has 4 rings (SSSR count). The predicted octanol–water partition coefficient (Wildman–Crippen LogP) is 3.68. The molecule has 1 N–H and O–H groups in total. The zero-order valence-electron chi connectivity index (χ0n) is 16.0. The number of carbonyl (C=O) groups is 1. The number of rotatable bonds is 5. The average molecular weight is 424 g/mol. The van der Waals surface area contributed by atoms with Crippen LogP contribution in [0.5, 0.6) is 5.75 Å². The van der Waals surface area contributed by atoms with Gasteiger partial charge in [0.05, 0.1) is 5.69 Å². The first-order valence-corrected chi connectivity index (χ1v) is 9.71. The smallest absolute Gasteiger partial charge is 0.403 e. The molecule has 2 fully saturated rings. The maximum Gasteiger partial charge on any atom is 0.573 e. The first-order chi connectivity index (χ1) is 14.3. The van der Waals surface area contributed by atoms with Crippen molar-refractivity contribution in [1.82, 2.24) is 15.3 Å². The molecule has 1 saturated heterocycles. The van der Waals surface area contributed by atoms with Gasteiger partial charge in [0.2, 0.25) is 5.91 Å². The SMILES string of the molecule is O=C(NC1CCN(c2cc(-c3ccc(OC(F)(F)F)c(F)c3)ncn2)CC1)C1CC1. The fraction of sp³-hybridized carbons (Fsp3) is 0.450. The summed E-state index contributed by atoms with van der Waals surface area (Å²) in [5, 5.41) is 3.09. The van der Waals surface area contributed by atoms with Crippen LogP contribution in [-0.4, -0.2) is 41.4 Å². The van der Waals surface area contributed by atoms with Gasteiger partial charge in [-0.25, -0.2) is 14.4 Å². The maximum absolute atomic E-state index is 14.0. The van der Waals surface area contributed by atoms with Crippen molar-refractivity contribution in [3.05, 3.63) is 36.4 Å². The van der Waals surface area contributed by atoms with Crippen LogP contribution in [-0.2, 0) is 4.79 Å². The van der Waals surface area contributed by atoms with Crippen molar-refractivity contribution in [3.63, 3.8) is 0 Å². The van der Waals surface area contributed by atoms with Crippen molar-refractivity contribution in [3.8, 4) is 17.0 Å². The average Bonchev–Trinajstić information content (AvgIpc) is 3.55. The molecular weight excluding hydrogens is 404 g/mol. The number of piperidine rings is 1. The topological polar surface area (TPSA) is 67.4 Å². The molecule has 6 nitrogen and oxygen atoms in total. The third-order valence-electron chi connectivity index (χ3n) is 5.22. The lowest BCUT2D eigenvalue weighted by molar-refractivity contribution is -0.275. The largest absolute Gasteiger partial charge is 0.573 e. The summed E-state index contributed by atoms with van der Waals surface area (Å²) in [6.07, 6.45) is -0.110. The van der Waals surface area contributed by atoms with Gasteiger partial charge in [0.15, 0.2) is 11.6 Å². The van der Waals surface area contributed by atoms with E-state index in [1.54, 1.807) is 6.07 Å². The second-order valence-corrected chi connectivity index (χ2v) is 7.50. The summed E-state index contributed by atoms with van der Waals surface area (Å²) in [5.41, 5.74) is 0.707. The molecule has 0 bridgehead atoms. The Hall–Kier alpha value is -2.91. The predicted molar refractivity (Wildman–Crippen MR) is 100 cm³/mol. The highest BCUT2D eigenvalue weighted by molar-refractivity contribution is 5.81. The summed E-state index contributed by atoms with van der Waals surface area (Å²) in [5.74, 6) is -1.06. The van der Waals surface area contributed by atoms with Crippen molar-refractivity contribution in [2.45, 2.75) is 38.1 Å². The molecule has 160 valence electrons. The van der Waals surface area contributed by atoms with Crippen LogP contribution in [0.25, 0.3) is 11.3 Å². The highest BCUT2D eigenvalue weighted by Gasteiger charge is 2.33. The lowest BCUT2D eigenvalue weighted by Crippen LogP contribution is -2.45. The van der Waals surface area contributed by atoms with Gasteiger partial charge in [-0.1, -0.05) is 0 Å². The number of aromatic nitrogens is 2. The minimum Gasteiger partial charge on any atom is -0.403 e. The molecule has 10 heteroatoms. The molecule has 2 aromatic rings. The summed E-state index contributed by atoms with van der Waals surface area (Å²) in [6, 6.07) is 5.00. The van der Waals surface area contributed by atoms with Crippen LogP contribution in [0.3, 0.4) is 0 Å². The van der Waals surface area contributed by atoms with E-state index in [4.69, 9.17) is 0 Å². The van der Waals surface area contributed by atoms with Crippen LogP contribution in [0.15, 0.2) is 30.6 Å². The van der Waals surface area contributed by atoms with Crippen LogP contribution in [0.2, 0.25) is 0 Å². The first kappa shape index (κ1) is 20.4. The third-order valence-corrected chi connectivity index (χ3v) is 5.22. The summed E-state index contributed by atoms with van der Waals surface area (Å²) in [7, 11) is 0. The number of alkyl halides is 3. The minimum atomic E-state index is -4.96. The van der Waals surface area contributed by atoms with Crippen molar-refractivity contribution in [1.29, 1.82) is 0 Å². The number of halogens is 4. The highest BCUT2D eigenvalue weighted by Crippen LogP contribution is 2.31. The maximum atomic E-state index is 14.0. The number of benzene rings is 1. The number of hydrogen-bond acceptors (Lipinski definition) is 5. The number of hydrogen-bond donors (Lipinski definition) is 1. The first-order valence-electron chi connectivity index (χ1n) is 9.71. The van der Waals surface area contributed by atoms with Gasteiger partial charge in [0, 0.05) is 36.7 Å². The van der Waals surface area contributed by atoms with Crippen molar-refractivity contribution < 1.29 is 27.1 Å². The molecule has 0 spiro atoms. The summed E-state index contributed by atoms with van der Waals surface area (Å²) in [4.78, 5) is 22.3. The van der Waals surface area contributed by atoms with Crippen LogP contribution in [0.1, 0.15) is 25.7 Å². The van der Waals surface area contributed by atoms with Gasteiger partial charge >= 0.3 is 6.36 Å². The lowest BCUT2D eigenvalue weighted by atomic mass is 10.0. The standard InChI is InChI=1S/C20H20F4N4O2/c21-15-9-13(3-4-17(15)30-20(22,23)24)16-10-18(26-11-25-16)28-7-5-14(6-8-28)27-19(29)12-1-2-12/h3-4,9-12,14H,1-2,5-8H2,(H,27,29). The molecule has 1 aromatic carbocycles. The fourth-order valence-electron chi connectivity index (χ4n) is 3.46. The summed E-state index contributed by atoms with van der Waals surface area (Å²) in [6.45, 7) is 1.39. The highest BCUT2D eigenvalue weighted by atomic mass is 19.4. The molecule has 0 atom stereocenters. The van der Waals surface area contributed by atoms with E-state index in [9.17, 15) is 22.4 Å². The van der Waals surface area contributed by atoms with Crippen LogP contribution in [0, 0.1) is 11.7 Å². The number of anilines is 1. The molecular formula is C20H20F4N4O2. The number of carbonyl (C=O) groups excluding carboxylic acids is 1. The quantitative estimate of drug-likeness (QED) is 0.742. The molecule has 1 saturated carbocycles. The van der Waals surface area contributed by atoms with E-state index in [2.05, 4.69) is 20.0 Å². The van der Waals surface area contributed by atoms with E-state index in [0.717, 1.165) is 37.8 Å². The minimum absolute atomic E-state index is 0.137. The van der Waals surface area contributed by atoms with E-state index in [1.807, 2.05) is 4.90 Å². The van der Waals surface area contributed by atoms with Gasteiger partial charge in [-0.15, -0.1) is 13.2 Å². The van der Waals surface area contributed by atoms with E-state index in [1.165, 1.54) is 12.4 Å². The Labute approximate surface area is 170 Å². The Morgan fingerprint density at radius 2 is 1.83 bits per heavy atom. The van der Waals surface area contributed by atoms with Crippen LogP contribution >= 0.6 is 0 Å². The summed E-state index contributed by atoms with van der Waals surface area (Å²) < 4.78 is 54.6. The zero-order valence-corrected chi connectivity index (χ0v) is 16.0. The molecule has 0 unspecified atom stereocenters. The van der Waals surface area contributed by atoms with Crippen molar-refractivity contribution in [2.75, 3.05) is 18.0 Å². The third kappa shape index (κ3) is 4.98. The van der Waals surface area contributed by atoms with Gasteiger partial charge in [0.25, 0.3) is 0 Å². The van der Waals surface area contributed by atoms with Gasteiger partial charge in [0.1, 0.15) is 12.1 Å². The number of amides is 1. The van der Waals surface area contributed by atoms with Crippen molar-refractivity contribution >= 4 is 11.7 Å². The van der Waals surface area contributed by atoms with Gasteiger partial charge in [-0.3, -0.25) is 4.79 Å². The Kier molecular flexibility index (Phi) is 5.48. The molecule has 1 aromatic heterocycles. The fourth-order valence-corrected chi connectivity index (χ4v) is 3.46. The molecule has 1 amide bonds. The molecule has 1 aliphatic carbocycles. The molecule has 30 heavy (non-hydrogen) atoms. The van der Waals surface area contributed by atoms with E-state index in [-0.39, 0.29) is 17.9 Å². The molecule has 2 aliphatic rings. The lowest BCUT2D eigenvalue weighted by Gasteiger charge is -2.33. The second-order valence-electron chi connectivity index (χ2n) is 7.50. The summed E-state index contributed by atoms with van der Waals surface area (Å²) >= 11 is 0. The van der Waals surface area contributed by atoms with Gasteiger partial charge in [-0.05, 0) is 43.9 Å². The number of nitrogens with one attached hydrogen (secondary N) is 1. The Bertz CT molecular complexity index is 925. The van der Waals surface area contributed by atoms with Crippen LogP contribution in [0.4, 0.5) is 23.4 Å². The molecule has 2 heterocycles. The normalized spacial score (nSPS) is 17.7. The Balaban J connectivity index is 1.42. The Morgan fingerprint density at radius 1 is 1.10 bits per heavy atom. The molecule has 0 radical (unpaired) electrons. The van der Waals surface area contributed by atoms with Gasteiger partial charge in [-0.2, -0.15) is 0 Å². The van der Waals surface area contributed by atoms with Crippen molar-refractivity contribution in [2.24, 2.45) is 5.92 Å². The van der Waals surface area contributed by atoms with E-state index >= 15 is 0 Å². The molecule has 1 aliphatic heterocycles. The second kappa shape index (κ2) is 8.08. The number of nitrogens with zero attached hydrogens (tertiary/aromatic N) is 3. The van der Waals surface area contributed by atoms with E-state index in [0.29, 0.717) is 30.2 Å². The van der Waals surface area contributed by atoms with E-state index < -0.39 is 17.9 Å². The van der Waals surface area contributed by atoms with Crippen LogP contribution < -0.4 is 15.0 Å². The van der Waals surface area contributed by atoms with Gasteiger partial charge < -0.3 is 15.0 Å². The number of ether oxygens (including phenoxy) is 1. The Morgan fingerprint density at radius 3 is 2.47 bits per heavy atom. The zero-order chi connectivity index (χ0) is 21.3. The monoisotopic (exact) mass is 424 g/mol.